The molecule has 4 aliphatic rings. The lowest BCUT2D eigenvalue weighted by atomic mass is 9.46. The van der Waals surface area contributed by atoms with Crippen molar-refractivity contribution >= 4 is 0 Å². The molecular formula is C28H48O2. The summed E-state index contributed by atoms with van der Waals surface area (Å²) in [5.74, 6) is 4.92. The molecule has 0 aromatic rings. The van der Waals surface area contributed by atoms with E-state index in [-0.39, 0.29) is 17.6 Å². The molecular weight excluding hydrogens is 368 g/mol. The molecule has 0 bridgehead atoms. The average Bonchev–Trinajstić information content (AvgIpc) is 3.04. The summed E-state index contributed by atoms with van der Waals surface area (Å²) in [5.41, 5.74) is 1.98. The Bertz CT molecular complexity index is 653. The summed E-state index contributed by atoms with van der Waals surface area (Å²) in [4.78, 5) is 0. The van der Waals surface area contributed by atoms with Gasteiger partial charge in [0.15, 0.2) is 0 Å². The van der Waals surface area contributed by atoms with E-state index in [1.54, 1.807) is 0 Å². The number of hydrogen-bond donors (Lipinski definition) is 2. The van der Waals surface area contributed by atoms with Gasteiger partial charge in [0.2, 0.25) is 0 Å². The van der Waals surface area contributed by atoms with Gasteiger partial charge in [0, 0.05) is 0 Å². The first-order chi connectivity index (χ1) is 14.1. The second-order valence-corrected chi connectivity index (χ2v) is 12.8. The summed E-state index contributed by atoms with van der Waals surface area (Å²) in [7, 11) is 0. The normalized spacial score (nSPS) is 47.8. The summed E-state index contributed by atoms with van der Waals surface area (Å²) in [6.45, 7) is 14.7. The van der Waals surface area contributed by atoms with Crippen LogP contribution in [0.15, 0.2) is 11.6 Å². The first kappa shape index (κ1) is 22.8. The minimum absolute atomic E-state index is 0.202. The van der Waals surface area contributed by atoms with E-state index in [0.717, 1.165) is 42.9 Å². The zero-order valence-corrected chi connectivity index (χ0v) is 20.5. The Kier molecular flexibility index (Phi) is 6.26. The van der Waals surface area contributed by atoms with Crippen LogP contribution in [-0.4, -0.2) is 22.4 Å². The van der Waals surface area contributed by atoms with Crippen LogP contribution in [0.5, 0.6) is 0 Å². The van der Waals surface area contributed by atoms with Crippen molar-refractivity contribution in [2.75, 3.05) is 0 Å². The van der Waals surface area contributed by atoms with Gasteiger partial charge >= 0.3 is 0 Å². The summed E-state index contributed by atoms with van der Waals surface area (Å²) in [6, 6.07) is 0. The minimum Gasteiger partial charge on any atom is -0.393 e. The van der Waals surface area contributed by atoms with Crippen molar-refractivity contribution in [3.05, 3.63) is 11.6 Å². The van der Waals surface area contributed by atoms with E-state index >= 15 is 0 Å². The van der Waals surface area contributed by atoms with E-state index < -0.39 is 0 Å². The Morgan fingerprint density at radius 2 is 1.67 bits per heavy atom. The molecule has 0 radical (unpaired) electrons. The molecule has 0 saturated heterocycles. The standard InChI is InChI=1S/C28H48O2/c1-17(2)18(3)7-8-19(4)22-9-10-23-26-24(12-14-28(22,23)6)27(5)13-11-21(29)15-20(27)16-25(26)30/h16-19,21-26,29-30H,7-15H2,1-6H3/t18?,19-,21+,22-,23+,24+,25-,26+,27+,28-/m1/s1. The molecule has 2 heteroatoms. The van der Waals surface area contributed by atoms with Crippen molar-refractivity contribution in [1.82, 2.24) is 0 Å². The van der Waals surface area contributed by atoms with Crippen molar-refractivity contribution in [2.45, 2.75) is 112 Å². The molecule has 4 rings (SSSR count). The van der Waals surface area contributed by atoms with Crippen LogP contribution >= 0.6 is 0 Å². The highest BCUT2D eigenvalue weighted by atomic mass is 16.3. The summed E-state index contributed by atoms with van der Waals surface area (Å²) >= 11 is 0. The van der Waals surface area contributed by atoms with E-state index in [1.165, 1.54) is 44.1 Å². The van der Waals surface area contributed by atoms with Crippen LogP contribution in [0.4, 0.5) is 0 Å². The third-order valence-electron chi connectivity index (χ3n) is 11.1. The Labute approximate surface area is 185 Å². The van der Waals surface area contributed by atoms with Crippen LogP contribution in [0.3, 0.4) is 0 Å². The lowest BCUT2D eigenvalue weighted by Crippen LogP contribution is -2.54. The van der Waals surface area contributed by atoms with Gasteiger partial charge in [-0.3, -0.25) is 0 Å². The van der Waals surface area contributed by atoms with Gasteiger partial charge in [0.1, 0.15) is 0 Å². The number of rotatable bonds is 5. The lowest BCUT2D eigenvalue weighted by molar-refractivity contribution is -0.0971. The molecule has 172 valence electrons. The molecule has 1 unspecified atom stereocenters. The fourth-order valence-electron chi connectivity index (χ4n) is 8.67. The zero-order chi connectivity index (χ0) is 21.8. The molecule has 0 spiro atoms. The Hall–Kier alpha value is -0.340. The van der Waals surface area contributed by atoms with Gasteiger partial charge in [-0.15, -0.1) is 0 Å². The molecule has 0 aromatic heterocycles. The molecule has 0 heterocycles. The van der Waals surface area contributed by atoms with E-state index in [0.29, 0.717) is 23.2 Å². The predicted molar refractivity (Wildman–Crippen MR) is 125 cm³/mol. The van der Waals surface area contributed by atoms with Crippen molar-refractivity contribution in [3.63, 3.8) is 0 Å². The fraction of sp³-hybridized carbons (Fsp3) is 0.929. The van der Waals surface area contributed by atoms with Gasteiger partial charge in [-0.1, -0.05) is 66.0 Å². The quantitative estimate of drug-likeness (QED) is 0.495. The highest BCUT2D eigenvalue weighted by Crippen LogP contribution is 2.67. The first-order valence-corrected chi connectivity index (χ1v) is 13.1. The zero-order valence-electron chi connectivity index (χ0n) is 20.5. The first-order valence-electron chi connectivity index (χ1n) is 13.1. The second kappa shape index (κ2) is 8.22. The van der Waals surface area contributed by atoms with Crippen molar-refractivity contribution in [1.29, 1.82) is 0 Å². The van der Waals surface area contributed by atoms with E-state index in [2.05, 4.69) is 47.6 Å². The van der Waals surface area contributed by atoms with E-state index in [1.807, 2.05) is 0 Å². The fourth-order valence-corrected chi connectivity index (χ4v) is 8.67. The maximum atomic E-state index is 11.3. The van der Waals surface area contributed by atoms with Gasteiger partial charge in [-0.25, -0.2) is 0 Å². The largest absolute Gasteiger partial charge is 0.393 e. The Morgan fingerprint density at radius 1 is 0.933 bits per heavy atom. The Balaban J connectivity index is 1.53. The second-order valence-electron chi connectivity index (χ2n) is 12.8. The third kappa shape index (κ3) is 3.62. The topological polar surface area (TPSA) is 40.5 Å². The van der Waals surface area contributed by atoms with Crippen LogP contribution in [-0.2, 0) is 0 Å². The molecule has 2 N–H and O–H groups in total. The van der Waals surface area contributed by atoms with E-state index in [9.17, 15) is 10.2 Å². The molecule has 2 nitrogen and oxygen atoms in total. The third-order valence-corrected chi connectivity index (χ3v) is 11.1. The highest BCUT2D eigenvalue weighted by molar-refractivity contribution is 5.27. The van der Waals surface area contributed by atoms with Crippen LogP contribution < -0.4 is 0 Å². The monoisotopic (exact) mass is 416 g/mol. The van der Waals surface area contributed by atoms with Gasteiger partial charge in [-0.2, -0.15) is 0 Å². The average molecular weight is 417 g/mol. The smallest absolute Gasteiger partial charge is 0.0757 e. The van der Waals surface area contributed by atoms with Crippen molar-refractivity contribution in [3.8, 4) is 0 Å². The van der Waals surface area contributed by atoms with Crippen LogP contribution in [0.2, 0.25) is 0 Å². The molecule has 4 aliphatic carbocycles. The predicted octanol–water partition coefficient (Wildman–Crippen LogP) is 6.61. The molecule has 3 saturated carbocycles. The molecule has 0 aromatic carbocycles. The molecule has 0 aliphatic heterocycles. The Morgan fingerprint density at radius 3 is 2.37 bits per heavy atom. The molecule has 0 amide bonds. The summed E-state index contributed by atoms with van der Waals surface area (Å²) < 4.78 is 0. The van der Waals surface area contributed by atoms with Crippen molar-refractivity contribution < 1.29 is 10.2 Å². The maximum absolute atomic E-state index is 11.3. The number of hydrogen-bond acceptors (Lipinski definition) is 2. The molecule has 10 atom stereocenters. The van der Waals surface area contributed by atoms with Gasteiger partial charge in [0.05, 0.1) is 12.2 Å². The van der Waals surface area contributed by atoms with Crippen LogP contribution in [0.1, 0.15) is 99.3 Å². The maximum Gasteiger partial charge on any atom is 0.0757 e. The van der Waals surface area contributed by atoms with Gasteiger partial charge in [-0.05, 0) is 97.2 Å². The highest BCUT2D eigenvalue weighted by Gasteiger charge is 2.61. The SMILES string of the molecule is CC(C)C(C)CC[C@@H](C)[C@H]1CC[C@H]2[C@@H]3[C@H](O)C=C4C[C@@H](O)CC[C@]4(C)[C@H]3CC[C@]12C. The minimum atomic E-state index is -0.303. The van der Waals surface area contributed by atoms with Gasteiger partial charge < -0.3 is 10.2 Å². The number of aliphatic hydroxyl groups excluding tert-OH is 2. The lowest BCUT2D eigenvalue weighted by Gasteiger charge is -2.59. The summed E-state index contributed by atoms with van der Waals surface area (Å²) in [5, 5.41) is 21.5. The van der Waals surface area contributed by atoms with Crippen molar-refractivity contribution in [2.24, 2.45) is 52.3 Å². The van der Waals surface area contributed by atoms with E-state index in [4.69, 9.17) is 0 Å². The molecule has 30 heavy (non-hydrogen) atoms. The number of fused-ring (bicyclic) bond motifs is 5. The number of aliphatic hydroxyl groups is 2. The van der Waals surface area contributed by atoms with Gasteiger partial charge in [0.25, 0.3) is 0 Å². The summed E-state index contributed by atoms with van der Waals surface area (Å²) in [6.07, 6.45) is 12.5. The molecule has 3 fully saturated rings. The van der Waals surface area contributed by atoms with Crippen LogP contribution in [0.25, 0.3) is 0 Å². The van der Waals surface area contributed by atoms with Crippen LogP contribution in [0, 0.1) is 52.3 Å².